The van der Waals surface area contributed by atoms with Gasteiger partial charge in [0.1, 0.15) is 11.4 Å². The largest absolute Gasteiger partial charge is 0.480 e. The number of hydrogen-bond acceptors (Lipinski definition) is 7. The molecule has 0 spiro atoms. The first-order valence-electron chi connectivity index (χ1n) is 7.69. The van der Waals surface area contributed by atoms with E-state index in [4.69, 9.17) is 27.9 Å². The van der Waals surface area contributed by atoms with Crippen LogP contribution >= 0.6 is 35.0 Å². The Morgan fingerprint density at radius 1 is 1.30 bits per heavy atom. The average molecular weight is 428 g/mol. The van der Waals surface area contributed by atoms with E-state index in [1.807, 2.05) is 0 Å². The maximum Gasteiger partial charge on any atom is 0.413 e. The average Bonchev–Trinajstić information content (AvgIpc) is 3.03. The number of aromatic hydroxyl groups is 1. The molecule has 0 aliphatic heterocycles. The molecule has 0 aromatic carbocycles. The highest BCUT2D eigenvalue weighted by Gasteiger charge is 2.19. The van der Waals surface area contributed by atoms with Crippen LogP contribution in [0.1, 0.15) is 20.8 Å². The van der Waals surface area contributed by atoms with Gasteiger partial charge in [-0.3, -0.25) is 9.72 Å². The van der Waals surface area contributed by atoms with Crippen molar-refractivity contribution in [2.45, 2.75) is 36.2 Å². The molecule has 27 heavy (non-hydrogen) atoms. The molecule has 11 heteroatoms. The van der Waals surface area contributed by atoms with E-state index in [9.17, 15) is 9.90 Å². The molecule has 3 aromatic rings. The van der Waals surface area contributed by atoms with Crippen LogP contribution < -0.4 is 5.32 Å². The van der Waals surface area contributed by atoms with E-state index in [2.05, 4.69) is 20.3 Å². The number of amides is 1. The zero-order valence-corrected chi connectivity index (χ0v) is 16.9. The van der Waals surface area contributed by atoms with Gasteiger partial charge in [-0.15, -0.1) is 0 Å². The van der Waals surface area contributed by atoms with Gasteiger partial charge in [0, 0.05) is 17.3 Å². The first-order chi connectivity index (χ1) is 12.6. The van der Waals surface area contributed by atoms with Crippen molar-refractivity contribution in [3.8, 4) is 6.01 Å². The van der Waals surface area contributed by atoms with Gasteiger partial charge in [0.15, 0.2) is 10.8 Å². The number of nitrogens with zero attached hydrogens (tertiary/aromatic N) is 4. The number of hydrogen-bond donors (Lipinski definition) is 2. The van der Waals surface area contributed by atoms with Crippen molar-refractivity contribution in [1.29, 1.82) is 0 Å². The second-order valence-corrected chi connectivity index (χ2v) is 8.20. The third kappa shape index (κ3) is 4.55. The van der Waals surface area contributed by atoms with Gasteiger partial charge in [0.05, 0.1) is 16.1 Å². The smallest absolute Gasteiger partial charge is 0.413 e. The summed E-state index contributed by atoms with van der Waals surface area (Å²) >= 11 is 13.6. The molecule has 3 heterocycles. The highest BCUT2D eigenvalue weighted by molar-refractivity contribution is 7.99. The first kappa shape index (κ1) is 19.5. The maximum atomic E-state index is 12.0. The maximum absolute atomic E-state index is 12.0. The summed E-state index contributed by atoms with van der Waals surface area (Å²) in [5.41, 5.74) is -0.153. The molecule has 0 unspecified atom stereocenters. The van der Waals surface area contributed by atoms with E-state index in [-0.39, 0.29) is 22.0 Å². The summed E-state index contributed by atoms with van der Waals surface area (Å²) < 4.78 is 6.64. The lowest BCUT2D eigenvalue weighted by atomic mass is 10.2. The number of pyridine rings is 1. The lowest BCUT2D eigenvalue weighted by molar-refractivity contribution is 0.0635. The van der Waals surface area contributed by atoms with Crippen LogP contribution in [0, 0.1) is 0 Å². The van der Waals surface area contributed by atoms with E-state index in [0.29, 0.717) is 15.4 Å². The Balaban J connectivity index is 1.91. The molecule has 0 fully saturated rings. The Bertz CT molecular complexity index is 1020. The molecule has 2 N–H and O–H groups in total. The van der Waals surface area contributed by atoms with Crippen LogP contribution in [-0.4, -0.2) is 36.2 Å². The molecule has 0 saturated carbocycles. The summed E-state index contributed by atoms with van der Waals surface area (Å²) in [6.07, 6.45) is 3.93. The van der Waals surface area contributed by atoms with Crippen LogP contribution in [-0.2, 0) is 4.74 Å². The van der Waals surface area contributed by atoms with Gasteiger partial charge in [-0.05, 0) is 26.8 Å². The quantitative estimate of drug-likeness (QED) is 0.587. The minimum Gasteiger partial charge on any atom is -0.480 e. The molecule has 0 radical (unpaired) electrons. The zero-order chi connectivity index (χ0) is 19.8. The van der Waals surface area contributed by atoms with Crippen LogP contribution in [0.15, 0.2) is 34.4 Å². The number of rotatable bonds is 3. The highest BCUT2D eigenvalue weighted by atomic mass is 35.5. The summed E-state index contributed by atoms with van der Waals surface area (Å²) in [6, 6.07) is 1.38. The van der Waals surface area contributed by atoms with Gasteiger partial charge < -0.3 is 9.84 Å². The fourth-order valence-electron chi connectivity index (χ4n) is 2.10. The van der Waals surface area contributed by atoms with E-state index >= 15 is 0 Å². The van der Waals surface area contributed by atoms with Crippen LogP contribution in [0.2, 0.25) is 10.2 Å². The van der Waals surface area contributed by atoms with Gasteiger partial charge in [-0.25, -0.2) is 19.7 Å². The molecule has 1 amide bonds. The van der Waals surface area contributed by atoms with Crippen molar-refractivity contribution in [3.05, 3.63) is 34.8 Å². The fourth-order valence-corrected chi connectivity index (χ4v) is 3.50. The number of imidazole rings is 1. The lowest BCUT2D eigenvalue weighted by Gasteiger charge is -2.19. The minimum absolute atomic E-state index is 0.0267. The fraction of sp³-hybridized carbons (Fsp3) is 0.250. The van der Waals surface area contributed by atoms with E-state index in [1.165, 1.54) is 28.6 Å². The van der Waals surface area contributed by atoms with Crippen molar-refractivity contribution < 1.29 is 14.6 Å². The molecular formula is C16H15Cl2N5O3S. The Hall–Kier alpha value is -2.23. The number of halogens is 2. The molecule has 0 bridgehead atoms. The number of anilines is 1. The zero-order valence-electron chi connectivity index (χ0n) is 14.5. The monoisotopic (exact) mass is 427 g/mol. The van der Waals surface area contributed by atoms with Crippen LogP contribution in [0.5, 0.6) is 6.01 Å². The van der Waals surface area contributed by atoms with Gasteiger partial charge in [0.2, 0.25) is 0 Å². The van der Waals surface area contributed by atoms with Gasteiger partial charge in [-0.1, -0.05) is 35.0 Å². The Labute approximate surface area is 168 Å². The normalized spacial score (nSPS) is 11.6. The van der Waals surface area contributed by atoms with Crippen molar-refractivity contribution in [2.24, 2.45) is 0 Å². The highest BCUT2D eigenvalue weighted by Crippen LogP contribution is 2.39. The van der Waals surface area contributed by atoms with Crippen LogP contribution in [0.4, 0.5) is 10.6 Å². The topological polar surface area (TPSA) is 102 Å². The molecule has 0 saturated heterocycles. The predicted octanol–water partition coefficient (Wildman–Crippen LogP) is 4.63. The third-order valence-electron chi connectivity index (χ3n) is 3.11. The van der Waals surface area contributed by atoms with E-state index in [1.54, 1.807) is 33.0 Å². The molecule has 0 aliphatic rings. The molecular weight excluding hydrogens is 413 g/mol. The first-order valence-corrected chi connectivity index (χ1v) is 9.26. The number of aromatic nitrogens is 4. The van der Waals surface area contributed by atoms with Crippen molar-refractivity contribution in [1.82, 2.24) is 19.4 Å². The van der Waals surface area contributed by atoms with E-state index in [0.717, 1.165) is 0 Å². The van der Waals surface area contributed by atoms with E-state index < -0.39 is 11.7 Å². The molecule has 3 rings (SSSR count). The molecule has 3 aromatic heterocycles. The minimum atomic E-state index is -0.661. The second-order valence-electron chi connectivity index (χ2n) is 6.38. The number of fused-ring (bicyclic) bond motifs is 1. The number of carbonyl (C=O) groups excluding carboxylic acids is 1. The summed E-state index contributed by atoms with van der Waals surface area (Å²) in [5.74, 6) is 0.187. The molecule has 142 valence electrons. The predicted molar refractivity (Wildman–Crippen MR) is 103 cm³/mol. The third-order valence-corrected chi connectivity index (χ3v) is 5.02. The Kier molecular flexibility index (Phi) is 5.36. The Morgan fingerprint density at radius 3 is 2.74 bits per heavy atom. The molecule has 0 atom stereocenters. The van der Waals surface area contributed by atoms with Crippen molar-refractivity contribution in [2.75, 3.05) is 5.32 Å². The summed E-state index contributed by atoms with van der Waals surface area (Å²) in [5, 5.41) is 12.5. The van der Waals surface area contributed by atoms with Gasteiger partial charge in [0.25, 0.3) is 6.01 Å². The Morgan fingerprint density at radius 2 is 2.04 bits per heavy atom. The number of nitrogens with one attached hydrogen (secondary N) is 1. The molecule has 0 aliphatic carbocycles. The number of ether oxygens (including phenoxy) is 1. The summed E-state index contributed by atoms with van der Waals surface area (Å²) in [7, 11) is 0. The summed E-state index contributed by atoms with van der Waals surface area (Å²) in [4.78, 5) is 25.3. The van der Waals surface area contributed by atoms with Crippen LogP contribution in [0.25, 0.3) is 5.65 Å². The summed E-state index contributed by atoms with van der Waals surface area (Å²) in [6.45, 7) is 5.26. The molecule has 8 nitrogen and oxygen atoms in total. The van der Waals surface area contributed by atoms with Crippen molar-refractivity contribution in [3.63, 3.8) is 0 Å². The van der Waals surface area contributed by atoms with Gasteiger partial charge in [-0.2, -0.15) is 0 Å². The second kappa shape index (κ2) is 7.41. The SMILES string of the molecule is CC(C)(C)OC(=O)Nc1cc(Sc2cnc(O)n3ccnc23)c(Cl)c(Cl)n1. The standard InChI is InChI=1S/C16H15Cl2N5O3S/c1-16(2,3)26-15(25)22-10-6-8(11(17)12(18)21-10)27-9-7-20-14(24)23-5-4-19-13(9)23/h4-7H,1-3H3,(H,20,24)(H,21,22,25). The van der Waals surface area contributed by atoms with Crippen molar-refractivity contribution >= 4 is 52.5 Å². The lowest BCUT2D eigenvalue weighted by Crippen LogP contribution is -2.27. The van der Waals surface area contributed by atoms with Gasteiger partial charge >= 0.3 is 6.09 Å². The van der Waals surface area contributed by atoms with Crippen LogP contribution in [0.3, 0.4) is 0 Å². The number of carbonyl (C=O) groups is 1.